The number of aryl methyl sites for hydroxylation is 3. The van der Waals surface area contributed by atoms with Crippen molar-refractivity contribution in [1.29, 1.82) is 0 Å². The number of rotatable bonds is 7. The number of benzene rings is 2. The van der Waals surface area contributed by atoms with Crippen LogP contribution in [0.5, 0.6) is 0 Å². The van der Waals surface area contributed by atoms with Gasteiger partial charge in [0.15, 0.2) is 6.61 Å². The summed E-state index contributed by atoms with van der Waals surface area (Å²) < 4.78 is 5.91. The van der Waals surface area contributed by atoms with Gasteiger partial charge < -0.3 is 15.4 Å². The van der Waals surface area contributed by atoms with Gasteiger partial charge in [0, 0.05) is 27.3 Å². The molecule has 154 valence electrons. The number of halogens is 2. The maximum atomic E-state index is 12.0. The molecular formula is C21H22BrClN2O4. The highest BCUT2D eigenvalue weighted by atomic mass is 79.9. The normalized spacial score (nSPS) is 10.4. The van der Waals surface area contributed by atoms with Gasteiger partial charge in [0.25, 0.3) is 5.91 Å². The molecule has 0 aliphatic heterocycles. The number of hydrogen-bond acceptors (Lipinski definition) is 4. The van der Waals surface area contributed by atoms with Crippen molar-refractivity contribution >= 4 is 56.7 Å². The van der Waals surface area contributed by atoms with Crippen LogP contribution < -0.4 is 10.6 Å². The smallest absolute Gasteiger partial charge is 0.306 e. The lowest BCUT2D eigenvalue weighted by atomic mass is 10.1. The van der Waals surface area contributed by atoms with Crippen LogP contribution >= 0.6 is 27.5 Å². The predicted octanol–water partition coefficient (Wildman–Crippen LogP) is 4.93. The third-order valence-electron chi connectivity index (χ3n) is 4.10. The summed E-state index contributed by atoms with van der Waals surface area (Å²) in [6.45, 7) is 5.28. The largest absolute Gasteiger partial charge is 0.456 e. The van der Waals surface area contributed by atoms with Gasteiger partial charge in [-0.1, -0.05) is 33.6 Å². The van der Waals surface area contributed by atoms with Gasteiger partial charge in [-0.05, 0) is 61.7 Å². The molecular weight excluding hydrogens is 460 g/mol. The number of ether oxygens (including phenoxy) is 1. The molecule has 0 saturated heterocycles. The second-order valence-corrected chi connectivity index (χ2v) is 7.85. The van der Waals surface area contributed by atoms with Crippen LogP contribution in [0.2, 0.25) is 5.02 Å². The van der Waals surface area contributed by atoms with Crippen molar-refractivity contribution in [1.82, 2.24) is 0 Å². The van der Waals surface area contributed by atoms with E-state index in [0.717, 1.165) is 21.2 Å². The molecule has 8 heteroatoms. The Hall–Kier alpha value is -2.38. The van der Waals surface area contributed by atoms with Crippen LogP contribution in [0.15, 0.2) is 34.8 Å². The van der Waals surface area contributed by atoms with Gasteiger partial charge in [0.1, 0.15) is 0 Å². The third kappa shape index (κ3) is 7.18. The Morgan fingerprint density at radius 3 is 2.14 bits per heavy atom. The SMILES string of the molecule is Cc1ccc(NC(=O)CCC(=O)OCC(=O)Nc2cc(C)c(Br)c(C)c2)cc1Cl. The Morgan fingerprint density at radius 2 is 1.52 bits per heavy atom. The van der Waals surface area contributed by atoms with E-state index in [1.54, 1.807) is 18.2 Å². The standard InChI is InChI=1S/C21H22BrClN2O4/c1-12-4-5-15(10-17(12)23)24-18(26)6-7-20(28)29-11-19(27)25-16-8-13(2)21(22)14(3)9-16/h4-5,8-10H,6-7,11H2,1-3H3,(H,24,26)(H,25,27). The molecule has 2 N–H and O–H groups in total. The molecule has 0 radical (unpaired) electrons. The van der Waals surface area contributed by atoms with Gasteiger partial charge in [0.05, 0.1) is 6.42 Å². The second kappa shape index (κ2) is 10.4. The first-order valence-corrected chi connectivity index (χ1v) is 10.1. The van der Waals surface area contributed by atoms with Crippen molar-refractivity contribution < 1.29 is 19.1 Å². The van der Waals surface area contributed by atoms with Crippen LogP contribution in [-0.2, 0) is 19.1 Å². The number of anilines is 2. The number of carbonyl (C=O) groups is 3. The van der Waals surface area contributed by atoms with Gasteiger partial charge in [-0.2, -0.15) is 0 Å². The number of esters is 1. The molecule has 0 bridgehead atoms. The van der Waals surface area contributed by atoms with Crippen LogP contribution in [0.3, 0.4) is 0 Å². The molecule has 0 aromatic heterocycles. The molecule has 0 aliphatic carbocycles. The predicted molar refractivity (Wildman–Crippen MR) is 117 cm³/mol. The molecule has 0 spiro atoms. The fraction of sp³-hybridized carbons (Fsp3) is 0.286. The van der Waals surface area contributed by atoms with E-state index >= 15 is 0 Å². The topological polar surface area (TPSA) is 84.5 Å². The van der Waals surface area contributed by atoms with E-state index in [-0.39, 0.29) is 18.7 Å². The summed E-state index contributed by atoms with van der Waals surface area (Å²) in [7, 11) is 0. The van der Waals surface area contributed by atoms with Crippen molar-refractivity contribution in [3.63, 3.8) is 0 Å². The van der Waals surface area contributed by atoms with E-state index in [0.29, 0.717) is 16.4 Å². The number of hydrogen-bond donors (Lipinski definition) is 2. The van der Waals surface area contributed by atoms with Gasteiger partial charge in [-0.25, -0.2) is 0 Å². The zero-order valence-corrected chi connectivity index (χ0v) is 18.7. The lowest BCUT2D eigenvalue weighted by Gasteiger charge is -2.10. The van der Waals surface area contributed by atoms with Gasteiger partial charge in [0.2, 0.25) is 5.91 Å². The highest BCUT2D eigenvalue weighted by Crippen LogP contribution is 2.25. The Kier molecular flexibility index (Phi) is 8.22. The number of amides is 2. The summed E-state index contributed by atoms with van der Waals surface area (Å²) in [6.07, 6.45) is -0.188. The Labute approximate surface area is 183 Å². The van der Waals surface area contributed by atoms with E-state index in [4.69, 9.17) is 16.3 Å². The van der Waals surface area contributed by atoms with Crippen molar-refractivity contribution in [2.75, 3.05) is 17.2 Å². The van der Waals surface area contributed by atoms with Gasteiger partial charge in [-0.3, -0.25) is 14.4 Å². The Bertz CT molecular complexity index is 923. The molecule has 2 amide bonds. The summed E-state index contributed by atoms with van der Waals surface area (Å²) in [6, 6.07) is 8.80. The molecule has 0 fully saturated rings. The summed E-state index contributed by atoms with van der Waals surface area (Å²) in [4.78, 5) is 35.7. The van der Waals surface area contributed by atoms with Crippen LogP contribution in [0, 0.1) is 20.8 Å². The molecule has 2 rings (SSSR count). The summed E-state index contributed by atoms with van der Waals surface area (Å²) in [5.41, 5.74) is 4.05. The lowest BCUT2D eigenvalue weighted by molar-refractivity contribution is -0.147. The number of nitrogens with one attached hydrogen (secondary N) is 2. The monoisotopic (exact) mass is 480 g/mol. The minimum atomic E-state index is -0.625. The second-order valence-electron chi connectivity index (χ2n) is 6.65. The minimum Gasteiger partial charge on any atom is -0.456 e. The molecule has 0 aliphatic rings. The fourth-order valence-corrected chi connectivity index (χ4v) is 2.95. The lowest BCUT2D eigenvalue weighted by Crippen LogP contribution is -2.22. The summed E-state index contributed by atoms with van der Waals surface area (Å²) in [5, 5.41) is 5.89. The van der Waals surface area contributed by atoms with Crippen LogP contribution in [0.1, 0.15) is 29.5 Å². The van der Waals surface area contributed by atoms with Crippen molar-refractivity contribution in [2.24, 2.45) is 0 Å². The van der Waals surface area contributed by atoms with Crippen molar-refractivity contribution in [2.45, 2.75) is 33.6 Å². The molecule has 2 aromatic rings. The zero-order chi connectivity index (χ0) is 21.6. The Morgan fingerprint density at radius 1 is 0.897 bits per heavy atom. The quantitative estimate of drug-likeness (QED) is 0.549. The highest BCUT2D eigenvalue weighted by Gasteiger charge is 2.12. The molecule has 0 unspecified atom stereocenters. The molecule has 0 heterocycles. The highest BCUT2D eigenvalue weighted by molar-refractivity contribution is 9.10. The molecule has 0 atom stereocenters. The minimum absolute atomic E-state index is 0.0585. The number of carbonyl (C=O) groups excluding carboxylic acids is 3. The maximum absolute atomic E-state index is 12.0. The molecule has 2 aromatic carbocycles. The van der Waals surface area contributed by atoms with Gasteiger partial charge >= 0.3 is 5.97 Å². The van der Waals surface area contributed by atoms with Crippen molar-refractivity contribution in [3.05, 3.63) is 56.5 Å². The first-order valence-electron chi connectivity index (χ1n) is 8.94. The first-order chi connectivity index (χ1) is 13.7. The van der Waals surface area contributed by atoms with Crippen molar-refractivity contribution in [3.8, 4) is 0 Å². The Balaban J connectivity index is 1.74. The molecule has 6 nitrogen and oxygen atoms in total. The van der Waals surface area contributed by atoms with E-state index < -0.39 is 18.5 Å². The maximum Gasteiger partial charge on any atom is 0.306 e. The molecule has 29 heavy (non-hydrogen) atoms. The van der Waals surface area contributed by atoms with Crippen LogP contribution in [0.4, 0.5) is 11.4 Å². The van der Waals surface area contributed by atoms with E-state index in [2.05, 4.69) is 26.6 Å². The fourth-order valence-electron chi connectivity index (χ4n) is 2.54. The van der Waals surface area contributed by atoms with Crippen LogP contribution in [0.25, 0.3) is 0 Å². The van der Waals surface area contributed by atoms with E-state index in [9.17, 15) is 14.4 Å². The van der Waals surface area contributed by atoms with Gasteiger partial charge in [-0.15, -0.1) is 0 Å². The summed E-state index contributed by atoms with van der Waals surface area (Å²) in [5.74, 6) is -1.41. The summed E-state index contributed by atoms with van der Waals surface area (Å²) >= 11 is 9.48. The average Bonchev–Trinajstić information content (AvgIpc) is 2.65. The third-order valence-corrected chi connectivity index (χ3v) is 5.75. The van der Waals surface area contributed by atoms with Crippen LogP contribution in [-0.4, -0.2) is 24.4 Å². The van der Waals surface area contributed by atoms with E-state index in [1.165, 1.54) is 0 Å². The van der Waals surface area contributed by atoms with E-state index in [1.807, 2.05) is 32.9 Å². The zero-order valence-electron chi connectivity index (χ0n) is 16.4. The average molecular weight is 482 g/mol. The molecule has 0 saturated carbocycles. The first kappa shape index (κ1) is 22.9.